The van der Waals surface area contributed by atoms with Crippen molar-refractivity contribution in [3.05, 3.63) is 18.2 Å². The topological polar surface area (TPSA) is 21.3 Å². The number of nitrogens with one attached hydrogen (secondary N) is 1. The molecule has 1 N–H and O–H groups in total. The molecular weight excluding hydrogens is 194 g/mol. The second-order valence-corrected chi connectivity index (χ2v) is 5.77. The summed E-state index contributed by atoms with van der Waals surface area (Å²) in [7, 11) is 1.72. The van der Waals surface area contributed by atoms with Gasteiger partial charge in [-0.2, -0.15) is 0 Å². The van der Waals surface area contributed by atoms with Crippen molar-refractivity contribution in [2.24, 2.45) is 0 Å². The molecule has 0 spiro atoms. The fourth-order valence-electron chi connectivity index (χ4n) is 1.54. The number of ether oxygens (including phenoxy) is 1. The minimum absolute atomic E-state index is 0.238. The highest BCUT2D eigenvalue weighted by Gasteiger charge is 2.27. The summed E-state index contributed by atoms with van der Waals surface area (Å²) < 4.78 is 5.58. The van der Waals surface area contributed by atoms with Crippen LogP contribution in [0, 0.1) is 0 Å². The smallest absolute Gasteiger partial charge is 0.134 e. The number of fused-ring (bicyclic) bond motifs is 1. The Kier molecular flexibility index (Phi) is 2.35. The number of anilines is 1. The standard InChI is InChI=1S/C11H15NOS/c1-11(2)7-12-8-5-4-6-9(13-3)10(8)14-11/h4-6,12H,7H2,1-3H3. The lowest BCUT2D eigenvalue weighted by Crippen LogP contribution is -2.30. The van der Waals surface area contributed by atoms with Crippen LogP contribution in [0.4, 0.5) is 5.69 Å². The quantitative estimate of drug-likeness (QED) is 0.768. The molecule has 0 aromatic heterocycles. The Hall–Kier alpha value is -0.830. The van der Waals surface area contributed by atoms with Crippen molar-refractivity contribution in [3.8, 4) is 5.75 Å². The molecule has 0 radical (unpaired) electrons. The highest BCUT2D eigenvalue weighted by atomic mass is 32.2. The van der Waals surface area contributed by atoms with E-state index in [0.29, 0.717) is 0 Å². The molecule has 0 saturated heterocycles. The Morgan fingerprint density at radius 2 is 2.21 bits per heavy atom. The molecule has 0 amide bonds. The van der Waals surface area contributed by atoms with Crippen LogP contribution in [0.15, 0.2) is 23.1 Å². The molecule has 2 rings (SSSR count). The monoisotopic (exact) mass is 209 g/mol. The van der Waals surface area contributed by atoms with E-state index in [4.69, 9.17) is 4.74 Å². The van der Waals surface area contributed by atoms with Crippen molar-refractivity contribution in [1.29, 1.82) is 0 Å². The lowest BCUT2D eigenvalue weighted by Gasteiger charge is -2.32. The van der Waals surface area contributed by atoms with E-state index in [1.807, 2.05) is 23.9 Å². The van der Waals surface area contributed by atoms with Gasteiger partial charge in [0.1, 0.15) is 5.75 Å². The van der Waals surface area contributed by atoms with E-state index < -0.39 is 0 Å². The van der Waals surface area contributed by atoms with E-state index in [-0.39, 0.29) is 4.75 Å². The molecule has 14 heavy (non-hydrogen) atoms. The summed E-state index contributed by atoms with van der Waals surface area (Å²) in [6.07, 6.45) is 0. The molecule has 0 unspecified atom stereocenters. The Labute approximate surface area is 89.0 Å². The van der Waals surface area contributed by atoms with Gasteiger partial charge in [0.2, 0.25) is 0 Å². The molecular formula is C11H15NOS. The predicted octanol–water partition coefficient (Wildman–Crippen LogP) is 2.99. The van der Waals surface area contributed by atoms with E-state index in [0.717, 1.165) is 12.3 Å². The Bertz CT molecular complexity index is 335. The first kappa shape index (κ1) is 9.71. The summed E-state index contributed by atoms with van der Waals surface area (Å²) in [6, 6.07) is 6.12. The fourth-order valence-corrected chi connectivity index (χ4v) is 2.74. The van der Waals surface area contributed by atoms with Crippen molar-refractivity contribution in [1.82, 2.24) is 0 Å². The maximum Gasteiger partial charge on any atom is 0.134 e. The van der Waals surface area contributed by atoms with Gasteiger partial charge in [0.05, 0.1) is 17.7 Å². The molecule has 1 aromatic carbocycles. The number of hydrogen-bond acceptors (Lipinski definition) is 3. The summed E-state index contributed by atoms with van der Waals surface area (Å²) in [6.45, 7) is 5.47. The van der Waals surface area contributed by atoms with E-state index in [9.17, 15) is 0 Å². The average Bonchev–Trinajstić information content (AvgIpc) is 2.15. The van der Waals surface area contributed by atoms with Crippen LogP contribution in [0.1, 0.15) is 13.8 Å². The first-order valence-corrected chi connectivity index (χ1v) is 5.54. The van der Waals surface area contributed by atoms with Crippen molar-refractivity contribution < 1.29 is 4.74 Å². The van der Waals surface area contributed by atoms with E-state index in [1.54, 1.807) is 7.11 Å². The van der Waals surface area contributed by atoms with Crippen molar-refractivity contribution >= 4 is 17.4 Å². The van der Waals surface area contributed by atoms with Gasteiger partial charge >= 0.3 is 0 Å². The van der Waals surface area contributed by atoms with Gasteiger partial charge in [0.15, 0.2) is 0 Å². The Balaban J connectivity index is 2.43. The van der Waals surface area contributed by atoms with E-state index >= 15 is 0 Å². The molecule has 1 aliphatic rings. The van der Waals surface area contributed by atoms with Gasteiger partial charge in [0, 0.05) is 11.3 Å². The summed E-state index contributed by atoms with van der Waals surface area (Å²) in [5.41, 5.74) is 1.19. The van der Waals surface area contributed by atoms with Crippen molar-refractivity contribution in [3.63, 3.8) is 0 Å². The molecule has 76 valence electrons. The van der Waals surface area contributed by atoms with Crippen LogP contribution < -0.4 is 10.1 Å². The van der Waals surface area contributed by atoms with Crippen LogP contribution in [-0.2, 0) is 0 Å². The van der Waals surface area contributed by atoms with Crippen LogP contribution >= 0.6 is 11.8 Å². The molecule has 0 bridgehead atoms. The van der Waals surface area contributed by atoms with Gasteiger partial charge in [-0.25, -0.2) is 0 Å². The van der Waals surface area contributed by atoms with Gasteiger partial charge in [-0.3, -0.25) is 0 Å². The fraction of sp³-hybridized carbons (Fsp3) is 0.455. The van der Waals surface area contributed by atoms with Crippen LogP contribution in [-0.4, -0.2) is 18.4 Å². The van der Waals surface area contributed by atoms with Crippen molar-refractivity contribution in [2.45, 2.75) is 23.5 Å². The second-order valence-electron chi connectivity index (χ2n) is 4.05. The third-order valence-electron chi connectivity index (χ3n) is 2.28. The molecule has 0 atom stereocenters. The zero-order valence-corrected chi connectivity index (χ0v) is 9.57. The SMILES string of the molecule is COc1cccc2c1SC(C)(C)CN2. The Morgan fingerprint density at radius 1 is 1.43 bits per heavy atom. The number of thioether (sulfide) groups is 1. The lowest BCUT2D eigenvalue weighted by atomic mass is 10.2. The zero-order valence-electron chi connectivity index (χ0n) is 8.76. The average molecular weight is 209 g/mol. The van der Waals surface area contributed by atoms with E-state index in [2.05, 4.69) is 25.2 Å². The van der Waals surface area contributed by atoms with E-state index in [1.165, 1.54) is 10.6 Å². The predicted molar refractivity (Wildman–Crippen MR) is 61.4 cm³/mol. The summed E-state index contributed by atoms with van der Waals surface area (Å²) >= 11 is 1.88. The van der Waals surface area contributed by atoms with Crippen molar-refractivity contribution in [2.75, 3.05) is 19.0 Å². The third kappa shape index (κ3) is 1.69. The molecule has 1 heterocycles. The van der Waals surface area contributed by atoms with Crippen LogP contribution in [0.5, 0.6) is 5.75 Å². The zero-order chi connectivity index (χ0) is 10.2. The van der Waals surface area contributed by atoms with Gasteiger partial charge in [-0.15, -0.1) is 11.8 Å². The number of methoxy groups -OCH3 is 1. The highest BCUT2D eigenvalue weighted by molar-refractivity contribution is 8.01. The second kappa shape index (κ2) is 3.39. The molecule has 2 nitrogen and oxygen atoms in total. The van der Waals surface area contributed by atoms with Crippen LogP contribution in [0.25, 0.3) is 0 Å². The number of hydrogen-bond donors (Lipinski definition) is 1. The van der Waals surface area contributed by atoms with Gasteiger partial charge in [-0.1, -0.05) is 6.07 Å². The highest BCUT2D eigenvalue weighted by Crippen LogP contribution is 2.45. The van der Waals surface area contributed by atoms with Gasteiger partial charge in [-0.05, 0) is 26.0 Å². The summed E-state index contributed by atoms with van der Waals surface area (Å²) in [5, 5.41) is 3.43. The normalized spacial score (nSPS) is 18.2. The third-order valence-corrected chi connectivity index (χ3v) is 3.60. The summed E-state index contributed by atoms with van der Waals surface area (Å²) in [4.78, 5) is 1.23. The first-order chi connectivity index (χ1) is 6.62. The maximum atomic E-state index is 5.35. The number of rotatable bonds is 1. The van der Waals surface area contributed by atoms with Gasteiger partial charge < -0.3 is 10.1 Å². The Morgan fingerprint density at radius 3 is 2.93 bits per heavy atom. The molecule has 3 heteroatoms. The largest absolute Gasteiger partial charge is 0.496 e. The molecule has 0 fully saturated rings. The molecule has 0 saturated carbocycles. The minimum atomic E-state index is 0.238. The van der Waals surface area contributed by atoms with Gasteiger partial charge in [0.25, 0.3) is 0 Å². The number of benzene rings is 1. The minimum Gasteiger partial charge on any atom is -0.496 e. The molecule has 1 aliphatic heterocycles. The van der Waals surface area contributed by atoms with Crippen LogP contribution in [0.3, 0.4) is 0 Å². The molecule has 1 aromatic rings. The summed E-state index contributed by atoms with van der Waals surface area (Å²) in [5.74, 6) is 0.966. The maximum absolute atomic E-state index is 5.35. The first-order valence-electron chi connectivity index (χ1n) is 4.72. The lowest BCUT2D eigenvalue weighted by molar-refractivity contribution is 0.404. The van der Waals surface area contributed by atoms with Crippen LogP contribution in [0.2, 0.25) is 0 Å². The molecule has 0 aliphatic carbocycles.